The summed E-state index contributed by atoms with van der Waals surface area (Å²) in [4.78, 5) is 54.8. The molecule has 0 saturated carbocycles. The number of rotatable bonds is 21. The zero-order chi connectivity index (χ0) is 50.0. The summed E-state index contributed by atoms with van der Waals surface area (Å²) in [7, 11) is 1.69. The number of anilines is 3. The highest BCUT2D eigenvalue weighted by Crippen LogP contribution is 2.50. The van der Waals surface area contributed by atoms with Gasteiger partial charge in [0.05, 0.1) is 37.2 Å². The van der Waals surface area contributed by atoms with E-state index in [1.807, 2.05) is 40.1 Å². The Morgan fingerprint density at radius 3 is 1.49 bits per heavy atom. The second-order valence-electron chi connectivity index (χ2n) is 18.4. The fourth-order valence-electron chi connectivity index (χ4n) is 9.45. The first-order chi connectivity index (χ1) is 35.2. The van der Waals surface area contributed by atoms with Crippen molar-refractivity contribution in [3.05, 3.63) is 175 Å². The third kappa shape index (κ3) is 11.3. The molecule has 3 aliphatic rings. The molecule has 5 heterocycles. The van der Waals surface area contributed by atoms with Crippen molar-refractivity contribution in [3.8, 4) is 22.3 Å². The normalized spacial score (nSPS) is 15.2. The number of thiophene rings is 2. The lowest BCUT2D eigenvalue weighted by Gasteiger charge is -2.25. The number of fused-ring (bicyclic) bond motifs is 1. The van der Waals surface area contributed by atoms with Crippen LogP contribution < -0.4 is 4.90 Å². The van der Waals surface area contributed by atoms with Crippen LogP contribution in [0.5, 0.6) is 0 Å². The zero-order valence-corrected chi connectivity index (χ0v) is 44.6. The van der Waals surface area contributed by atoms with Crippen molar-refractivity contribution in [2.75, 3.05) is 25.0 Å². The average Bonchev–Trinajstić information content (AvgIpc) is 4.24. The van der Waals surface area contributed by atoms with Gasteiger partial charge in [-0.05, 0) is 109 Å². The number of hydrogen-bond acceptors (Lipinski definition) is 8. The van der Waals surface area contributed by atoms with E-state index >= 15 is 9.59 Å². The quantitative estimate of drug-likeness (QED) is 0.0310. The van der Waals surface area contributed by atoms with Gasteiger partial charge in [0.1, 0.15) is 4.32 Å². The van der Waals surface area contributed by atoms with Crippen LogP contribution in [0.25, 0.3) is 27.9 Å². The molecule has 1 fully saturated rings. The summed E-state index contributed by atoms with van der Waals surface area (Å²) in [5.41, 5.74) is 8.53. The molecule has 72 heavy (non-hydrogen) atoms. The summed E-state index contributed by atoms with van der Waals surface area (Å²) in [5.74, 6) is 6.39. The Morgan fingerprint density at radius 1 is 0.514 bits per heavy atom. The van der Waals surface area contributed by atoms with Crippen LogP contribution in [0.1, 0.15) is 117 Å². The highest BCUT2D eigenvalue weighted by Gasteiger charge is 2.49. The molecule has 3 amide bonds. The summed E-state index contributed by atoms with van der Waals surface area (Å²) >= 11 is 9.82. The molecule has 0 radical (unpaired) electrons. The Hall–Kier alpha value is -6.29. The van der Waals surface area contributed by atoms with Crippen LogP contribution in [0, 0.1) is 11.8 Å². The molecule has 0 atom stereocenters. The first-order valence-electron chi connectivity index (χ1n) is 25.4. The van der Waals surface area contributed by atoms with E-state index in [2.05, 4.69) is 140 Å². The van der Waals surface area contributed by atoms with E-state index in [1.165, 1.54) is 66.5 Å². The number of unbranched alkanes of at least 4 members (excludes halogenated alkanes) is 10. The second kappa shape index (κ2) is 24.0. The number of hydrogen-bond donors (Lipinski definition) is 0. The van der Waals surface area contributed by atoms with Gasteiger partial charge in [-0.2, -0.15) is 0 Å². The summed E-state index contributed by atoms with van der Waals surface area (Å²) in [5, 5.41) is 0. The number of carbonyl (C=O) groups is 3. The van der Waals surface area contributed by atoms with Crippen LogP contribution in [0.2, 0.25) is 0 Å². The Labute approximate surface area is 442 Å². The highest BCUT2D eigenvalue weighted by molar-refractivity contribution is 8.26. The number of thioether (sulfide) groups is 1. The van der Waals surface area contributed by atoms with Crippen LogP contribution >= 0.6 is 46.7 Å². The van der Waals surface area contributed by atoms with Crippen molar-refractivity contribution in [3.63, 3.8) is 0 Å². The van der Waals surface area contributed by atoms with Crippen molar-refractivity contribution in [2.24, 2.45) is 0 Å². The maximum atomic E-state index is 15.1. The number of amides is 3. The van der Waals surface area contributed by atoms with E-state index in [4.69, 9.17) is 12.2 Å². The Morgan fingerprint density at radius 2 is 0.972 bits per heavy atom. The fraction of sp³-hybridized carbons (Fsp3) is 0.279. The SMILES string of the molecule is CCCCCCCCN1C(=O)C2=C(c3ccc(-c4ccc(C#Cc5ccc(N(c6ccccc6)c6ccccc6)cc5)cc4)s3)N(CCCCCCCC)C(=O)C2=C1c1ccc(/C=C2\SC(=S)N(C)C2=O)s1. The smallest absolute Gasteiger partial charge is 0.265 e. The third-order valence-corrected chi connectivity index (χ3v) is 17.0. The molecule has 3 aliphatic heterocycles. The largest absolute Gasteiger partial charge is 0.311 e. The van der Waals surface area contributed by atoms with Crippen molar-refractivity contribution in [1.29, 1.82) is 0 Å². The van der Waals surface area contributed by atoms with Crippen LogP contribution in [0.4, 0.5) is 17.1 Å². The Bertz CT molecular complexity index is 3040. The molecule has 366 valence electrons. The molecule has 6 aromatic rings. The van der Waals surface area contributed by atoms with Gasteiger partial charge in [-0.3, -0.25) is 19.3 Å². The molecular formula is C61H60N4O3S4. The van der Waals surface area contributed by atoms with Gasteiger partial charge in [-0.1, -0.05) is 162 Å². The van der Waals surface area contributed by atoms with E-state index in [9.17, 15) is 4.79 Å². The topological polar surface area (TPSA) is 64.2 Å². The Kier molecular flexibility index (Phi) is 16.8. The van der Waals surface area contributed by atoms with Gasteiger partial charge in [-0.15, -0.1) is 22.7 Å². The summed E-state index contributed by atoms with van der Waals surface area (Å²) in [6, 6.07) is 45.6. The van der Waals surface area contributed by atoms with Crippen molar-refractivity contribution in [1.82, 2.24) is 14.7 Å². The van der Waals surface area contributed by atoms with Gasteiger partial charge in [0.25, 0.3) is 17.7 Å². The molecule has 11 heteroatoms. The predicted molar refractivity (Wildman–Crippen MR) is 306 cm³/mol. The molecular weight excluding hydrogens is 965 g/mol. The molecule has 9 rings (SSSR count). The minimum Gasteiger partial charge on any atom is -0.311 e. The lowest BCUT2D eigenvalue weighted by Crippen LogP contribution is -2.30. The maximum Gasteiger partial charge on any atom is 0.265 e. The lowest BCUT2D eigenvalue weighted by atomic mass is 10.1. The highest BCUT2D eigenvalue weighted by atomic mass is 32.2. The van der Waals surface area contributed by atoms with Gasteiger partial charge in [0.2, 0.25) is 0 Å². The molecule has 2 aromatic heterocycles. The lowest BCUT2D eigenvalue weighted by molar-refractivity contribution is -0.124. The van der Waals surface area contributed by atoms with E-state index in [1.54, 1.807) is 18.4 Å². The number of thiocarbonyl (C=S) groups is 1. The average molecular weight is 1030 g/mol. The van der Waals surface area contributed by atoms with Crippen molar-refractivity contribution in [2.45, 2.75) is 90.9 Å². The van der Waals surface area contributed by atoms with Crippen LogP contribution in [-0.4, -0.2) is 56.9 Å². The molecule has 0 unspecified atom stereocenters. The second-order valence-corrected chi connectivity index (χ2v) is 22.3. The number of benzene rings is 4. The number of carbonyl (C=O) groups excluding carboxylic acids is 3. The molecule has 0 spiro atoms. The van der Waals surface area contributed by atoms with E-state index in [0.29, 0.717) is 39.2 Å². The molecule has 1 saturated heterocycles. The molecule has 0 aliphatic carbocycles. The Balaban J connectivity index is 1.00. The van der Waals surface area contributed by atoms with Gasteiger partial charge in [-0.25, -0.2) is 0 Å². The van der Waals surface area contributed by atoms with Crippen LogP contribution in [-0.2, 0) is 14.4 Å². The van der Waals surface area contributed by atoms with Gasteiger partial charge >= 0.3 is 0 Å². The van der Waals surface area contributed by atoms with Gasteiger partial charge < -0.3 is 14.7 Å². The minimum atomic E-state index is -0.123. The monoisotopic (exact) mass is 1020 g/mol. The fourth-order valence-corrected chi connectivity index (χ4v) is 12.8. The molecule has 0 N–H and O–H groups in total. The van der Waals surface area contributed by atoms with Gasteiger partial charge in [0.15, 0.2) is 0 Å². The van der Waals surface area contributed by atoms with Gasteiger partial charge in [0, 0.05) is 58.1 Å². The summed E-state index contributed by atoms with van der Waals surface area (Å²) < 4.78 is 0.524. The first kappa shape index (κ1) is 50.6. The predicted octanol–water partition coefficient (Wildman–Crippen LogP) is 15.7. The maximum absolute atomic E-state index is 15.1. The minimum absolute atomic E-state index is 0.110. The number of nitrogens with zero attached hydrogens (tertiary/aromatic N) is 4. The first-order valence-corrected chi connectivity index (χ1v) is 28.3. The number of para-hydroxylation sites is 2. The molecule has 4 aromatic carbocycles. The summed E-state index contributed by atoms with van der Waals surface area (Å²) in [6.45, 7) is 5.51. The zero-order valence-electron chi connectivity index (χ0n) is 41.3. The van der Waals surface area contributed by atoms with E-state index in [-0.39, 0.29) is 17.7 Å². The van der Waals surface area contributed by atoms with Crippen LogP contribution in [0.3, 0.4) is 0 Å². The van der Waals surface area contributed by atoms with Crippen LogP contribution in [0.15, 0.2) is 150 Å². The van der Waals surface area contributed by atoms with E-state index < -0.39 is 0 Å². The molecule has 0 bridgehead atoms. The molecule has 7 nitrogen and oxygen atoms in total. The van der Waals surface area contributed by atoms with E-state index in [0.717, 1.165) is 97.5 Å². The summed E-state index contributed by atoms with van der Waals surface area (Å²) in [6.07, 6.45) is 14.9. The standard InChI is InChI=1S/C61H60N4O3S4/c1-4-6-8-10-12-20-40-63-56(51-37-36-49(70-51)42-53-58(66)62(3)61(69)72-53)54-55(60(63)68)57(64(59(54)67)41-21-13-11-9-7-5-2)52-39-38-50(71-52)45-32-28-43(29-33-45)26-27-44-30-34-48(35-31-44)65(46-22-16-14-17-23-46)47-24-18-15-19-25-47/h14-19,22-25,28-39,42H,4-13,20-21,40-41H2,1-3H3/b53-42-. The number of likely N-dealkylation sites (N-methyl/N-ethyl adjacent to an activating group) is 1. The third-order valence-electron chi connectivity index (χ3n) is 13.3. The van der Waals surface area contributed by atoms with Crippen molar-refractivity contribution < 1.29 is 14.4 Å². The van der Waals surface area contributed by atoms with Crippen molar-refractivity contribution >= 4 is 103 Å².